The fraction of sp³-hybridized carbons (Fsp3) is 0.571. The van der Waals surface area contributed by atoms with E-state index in [-0.39, 0.29) is 57.2 Å². The first-order chi connectivity index (χ1) is 22.0. The fourth-order valence-electron chi connectivity index (χ4n) is 7.16. The smallest absolute Gasteiger partial charge is 0.322 e. The molecule has 4 amide bonds. The number of benzene rings is 2. The lowest BCUT2D eigenvalue weighted by Gasteiger charge is -2.38. The molecule has 4 aliphatic heterocycles. The summed E-state index contributed by atoms with van der Waals surface area (Å²) in [5.41, 5.74) is 9.50. The van der Waals surface area contributed by atoms with Gasteiger partial charge in [0.05, 0.1) is 10.9 Å². The third-order valence-corrected chi connectivity index (χ3v) is 11.3. The van der Waals surface area contributed by atoms with E-state index in [0.717, 1.165) is 36.1 Å². The fourth-order valence-corrected chi connectivity index (χ4v) is 8.65. The van der Waals surface area contributed by atoms with Crippen molar-refractivity contribution in [3.8, 4) is 0 Å². The van der Waals surface area contributed by atoms with Gasteiger partial charge in [0, 0.05) is 73.3 Å². The van der Waals surface area contributed by atoms with E-state index in [4.69, 9.17) is 5.73 Å². The van der Waals surface area contributed by atoms with E-state index in [2.05, 4.69) is 32.2 Å². The summed E-state index contributed by atoms with van der Waals surface area (Å²) in [7, 11) is 0. The Morgan fingerprint density at radius 2 is 1.80 bits per heavy atom. The molecule has 0 spiro atoms. The van der Waals surface area contributed by atoms with Crippen LogP contribution in [0.4, 0.5) is 20.6 Å². The summed E-state index contributed by atoms with van der Waals surface area (Å²) in [6, 6.07) is 13.0. The van der Waals surface area contributed by atoms with Gasteiger partial charge in [-0.05, 0) is 55.2 Å². The van der Waals surface area contributed by atoms with Crippen molar-refractivity contribution < 1.29 is 23.1 Å². The Morgan fingerprint density at radius 3 is 2.52 bits per heavy atom. The molecule has 46 heavy (non-hydrogen) atoms. The Morgan fingerprint density at radius 1 is 1.04 bits per heavy atom. The number of fused-ring (bicyclic) bond motifs is 1. The molecule has 2 aromatic carbocycles. The van der Waals surface area contributed by atoms with Gasteiger partial charge in [0.1, 0.15) is 11.2 Å². The van der Waals surface area contributed by atoms with Crippen LogP contribution in [0.5, 0.6) is 0 Å². The maximum absolute atomic E-state index is 15.4. The second-order valence-corrected chi connectivity index (χ2v) is 15.6. The predicted molar refractivity (Wildman–Crippen MR) is 188 cm³/mol. The highest BCUT2D eigenvalue weighted by Crippen LogP contribution is 2.48. The molecule has 3 atom stereocenters. The molecule has 9 nitrogen and oxygen atoms in total. The number of hydrogen-bond acceptors (Lipinski definition) is 6. The molecule has 3 N–H and O–H groups in total. The van der Waals surface area contributed by atoms with Gasteiger partial charge in [-0.3, -0.25) is 9.59 Å². The standard InChI is InChI=1S/C35H47FN6O3S.3H2/c1-35(2,3)15-20-42-32(44)29(46-33(42)26-8-6-9-27(36)31(26)40-16-12-24(37)22-40)21-30(43)39-17-13-25(14-18-39)41-19-11-23-7-4-5-10-28(23)38-34(41)45;;;/h4-10,24-25,29,33H,11-22,37H2,1-3H3,(H,38,45);3*1H/t24?,29-,33?;;;/m0.../s1. The minimum Gasteiger partial charge on any atom is -0.367 e. The van der Waals surface area contributed by atoms with Crippen LogP contribution in [-0.2, 0) is 16.0 Å². The monoisotopic (exact) mass is 656 g/mol. The number of halogens is 1. The van der Waals surface area contributed by atoms with E-state index < -0.39 is 5.25 Å². The van der Waals surface area contributed by atoms with Gasteiger partial charge in [0.25, 0.3) is 0 Å². The highest BCUT2D eigenvalue weighted by atomic mass is 32.2. The number of nitrogens with two attached hydrogens (primary N) is 1. The molecule has 6 rings (SSSR count). The number of amides is 4. The highest BCUT2D eigenvalue weighted by Gasteiger charge is 2.44. The molecular formula is C35H53FN6O3S. The number of para-hydroxylation sites is 2. The molecule has 4 heterocycles. The third kappa shape index (κ3) is 7.00. The molecule has 0 aliphatic carbocycles. The number of nitrogens with one attached hydrogen (secondary N) is 1. The largest absolute Gasteiger partial charge is 0.367 e. The minimum atomic E-state index is -0.540. The van der Waals surface area contributed by atoms with Gasteiger partial charge in [-0.1, -0.05) is 51.1 Å². The third-order valence-electron chi connectivity index (χ3n) is 9.82. The number of rotatable bonds is 7. The molecule has 4 aliphatic rings. The number of thioether (sulfide) groups is 1. The molecule has 3 fully saturated rings. The van der Waals surface area contributed by atoms with E-state index in [1.165, 1.54) is 17.8 Å². The zero-order valence-electron chi connectivity index (χ0n) is 27.2. The van der Waals surface area contributed by atoms with Crippen LogP contribution in [0.25, 0.3) is 0 Å². The number of piperidine rings is 1. The molecule has 3 saturated heterocycles. The second kappa shape index (κ2) is 13.4. The van der Waals surface area contributed by atoms with Crippen LogP contribution in [0.3, 0.4) is 0 Å². The molecule has 2 aromatic rings. The molecule has 254 valence electrons. The Hall–Kier alpha value is -3.31. The highest BCUT2D eigenvalue weighted by molar-refractivity contribution is 8.01. The summed E-state index contributed by atoms with van der Waals surface area (Å²) in [6.07, 6.45) is 3.88. The van der Waals surface area contributed by atoms with Crippen LogP contribution >= 0.6 is 11.8 Å². The van der Waals surface area contributed by atoms with Crippen LogP contribution in [0.1, 0.15) is 73.7 Å². The van der Waals surface area contributed by atoms with Crippen LogP contribution in [0, 0.1) is 11.2 Å². The van der Waals surface area contributed by atoms with Gasteiger partial charge in [-0.2, -0.15) is 0 Å². The normalized spacial score (nSPS) is 24.3. The lowest BCUT2D eigenvalue weighted by atomic mass is 9.92. The summed E-state index contributed by atoms with van der Waals surface area (Å²) < 4.78 is 15.4. The molecule has 0 saturated carbocycles. The average Bonchev–Trinajstić information content (AvgIpc) is 3.53. The lowest BCUT2D eigenvalue weighted by Crippen LogP contribution is -2.50. The van der Waals surface area contributed by atoms with Crippen molar-refractivity contribution in [2.45, 2.75) is 82.0 Å². The summed E-state index contributed by atoms with van der Waals surface area (Å²) in [5, 5.41) is 2.13. The topological polar surface area (TPSA) is 102 Å². The van der Waals surface area contributed by atoms with Crippen molar-refractivity contribution in [2.24, 2.45) is 11.1 Å². The van der Waals surface area contributed by atoms with Crippen molar-refractivity contribution in [1.82, 2.24) is 14.7 Å². The van der Waals surface area contributed by atoms with Crippen molar-refractivity contribution >= 4 is 41.0 Å². The molecule has 2 unspecified atom stereocenters. The summed E-state index contributed by atoms with van der Waals surface area (Å²) in [5.74, 6) is -0.408. The lowest BCUT2D eigenvalue weighted by molar-refractivity contribution is -0.137. The van der Waals surface area contributed by atoms with Crippen LogP contribution in [-0.4, -0.2) is 89.1 Å². The van der Waals surface area contributed by atoms with Crippen molar-refractivity contribution in [1.29, 1.82) is 0 Å². The van der Waals surface area contributed by atoms with E-state index in [1.807, 2.05) is 43.9 Å². The first-order valence-corrected chi connectivity index (χ1v) is 17.6. The van der Waals surface area contributed by atoms with Gasteiger partial charge in [0.2, 0.25) is 11.8 Å². The molecule has 0 aromatic heterocycles. The average molecular weight is 657 g/mol. The molecule has 11 heteroatoms. The Balaban J connectivity index is 0.00000217. The molecule has 0 radical (unpaired) electrons. The Kier molecular flexibility index (Phi) is 9.53. The van der Waals surface area contributed by atoms with E-state index in [0.29, 0.717) is 57.8 Å². The maximum Gasteiger partial charge on any atom is 0.322 e. The minimum absolute atomic E-state index is 0. The Labute approximate surface area is 280 Å². The van der Waals surface area contributed by atoms with Crippen LogP contribution in [0.15, 0.2) is 42.5 Å². The number of carbonyl (C=O) groups excluding carboxylic acids is 3. The van der Waals surface area contributed by atoms with Gasteiger partial charge in [-0.15, -0.1) is 11.8 Å². The number of carbonyl (C=O) groups is 3. The Bertz CT molecular complexity index is 1470. The van der Waals surface area contributed by atoms with Crippen molar-refractivity contribution in [3.05, 3.63) is 59.4 Å². The van der Waals surface area contributed by atoms with Gasteiger partial charge >= 0.3 is 6.03 Å². The summed E-state index contributed by atoms with van der Waals surface area (Å²) >= 11 is 1.47. The number of urea groups is 1. The SMILES string of the molecule is CC(C)(C)CCN1C(=O)[C@H](CC(=O)N2CCC(N3CCc4ccccc4NC3=O)CC2)SC1c1cccc(F)c1N1CCC(N)C1.[HH].[HH].[HH]. The summed E-state index contributed by atoms with van der Waals surface area (Å²) in [6.45, 7) is 9.96. The zero-order valence-corrected chi connectivity index (χ0v) is 28.0. The quantitative estimate of drug-likeness (QED) is 0.382. The van der Waals surface area contributed by atoms with E-state index >= 15 is 4.39 Å². The van der Waals surface area contributed by atoms with E-state index in [1.54, 1.807) is 6.07 Å². The van der Waals surface area contributed by atoms with Crippen LogP contribution < -0.4 is 16.0 Å². The number of likely N-dealkylation sites (tertiary alicyclic amines) is 1. The second-order valence-electron chi connectivity index (χ2n) is 14.3. The summed E-state index contributed by atoms with van der Waals surface area (Å²) in [4.78, 5) is 48.3. The number of hydrogen-bond donors (Lipinski definition) is 2. The van der Waals surface area contributed by atoms with Crippen molar-refractivity contribution in [3.63, 3.8) is 0 Å². The van der Waals surface area contributed by atoms with E-state index in [9.17, 15) is 14.4 Å². The molecular weight excluding hydrogens is 603 g/mol. The van der Waals surface area contributed by atoms with Gasteiger partial charge in [0.15, 0.2) is 0 Å². The van der Waals surface area contributed by atoms with Crippen LogP contribution in [0.2, 0.25) is 0 Å². The van der Waals surface area contributed by atoms with Gasteiger partial charge < -0.3 is 30.7 Å². The predicted octanol–water partition coefficient (Wildman–Crippen LogP) is 5.95. The first-order valence-electron chi connectivity index (χ1n) is 16.7. The number of anilines is 2. The van der Waals surface area contributed by atoms with Gasteiger partial charge in [-0.25, -0.2) is 9.18 Å². The number of nitrogens with zero attached hydrogens (tertiary/aromatic N) is 4. The maximum atomic E-state index is 15.4. The molecule has 0 bridgehead atoms. The van der Waals surface area contributed by atoms with Crippen molar-refractivity contribution in [2.75, 3.05) is 49.5 Å². The zero-order chi connectivity index (χ0) is 32.6. The first kappa shape index (κ1) is 32.6.